The van der Waals surface area contributed by atoms with Crippen LogP contribution < -0.4 is 10.1 Å². The number of nitrogens with one attached hydrogen (secondary N) is 1. The first-order valence-corrected chi connectivity index (χ1v) is 6.87. The third-order valence-corrected chi connectivity index (χ3v) is 3.35. The zero-order chi connectivity index (χ0) is 13.0. The minimum Gasteiger partial charge on any atom is -0.475 e. The van der Waals surface area contributed by atoms with Gasteiger partial charge in [0.15, 0.2) is 0 Å². The van der Waals surface area contributed by atoms with Crippen molar-refractivity contribution in [3.8, 4) is 5.88 Å². The predicted molar refractivity (Wildman–Crippen MR) is 72.9 cm³/mol. The predicted octanol–water partition coefficient (Wildman–Crippen LogP) is 3.26. The van der Waals surface area contributed by atoms with E-state index in [1.165, 1.54) is 25.7 Å². The molecule has 4 nitrogen and oxygen atoms in total. The number of anilines is 1. The molecule has 0 aromatic carbocycles. The van der Waals surface area contributed by atoms with Gasteiger partial charge in [0.1, 0.15) is 0 Å². The molecule has 0 aliphatic heterocycles. The number of nitrogens with zero attached hydrogens (tertiary/aromatic N) is 2. The summed E-state index contributed by atoms with van der Waals surface area (Å²) in [6.45, 7) is 7.21. The standard InChI is InChI=1S/C14H23N3O/c1-4-6-14(7-8-14)10-16-13-15-9-5-12(17-13)18-11(2)3/h5,9,11H,4,6-8,10H2,1-3H3,(H,15,16,17). The molecule has 0 bridgehead atoms. The van der Waals surface area contributed by atoms with Crippen molar-refractivity contribution < 1.29 is 4.74 Å². The highest BCUT2D eigenvalue weighted by Crippen LogP contribution is 2.49. The monoisotopic (exact) mass is 249 g/mol. The first kappa shape index (κ1) is 13.1. The van der Waals surface area contributed by atoms with Crippen LogP contribution >= 0.6 is 0 Å². The van der Waals surface area contributed by atoms with Crippen molar-refractivity contribution in [2.45, 2.75) is 52.6 Å². The van der Waals surface area contributed by atoms with E-state index in [1.807, 2.05) is 13.8 Å². The molecule has 0 radical (unpaired) electrons. The van der Waals surface area contributed by atoms with E-state index in [0.717, 1.165) is 6.54 Å². The largest absolute Gasteiger partial charge is 0.475 e. The molecular formula is C14H23N3O. The van der Waals surface area contributed by atoms with E-state index in [-0.39, 0.29) is 6.10 Å². The lowest BCUT2D eigenvalue weighted by atomic mass is 10.0. The Morgan fingerprint density at radius 2 is 2.22 bits per heavy atom. The molecule has 4 heteroatoms. The van der Waals surface area contributed by atoms with Gasteiger partial charge in [-0.05, 0) is 38.5 Å². The Hall–Kier alpha value is -1.32. The molecule has 100 valence electrons. The number of rotatable bonds is 7. The molecule has 1 heterocycles. The summed E-state index contributed by atoms with van der Waals surface area (Å²) in [4.78, 5) is 8.59. The van der Waals surface area contributed by atoms with E-state index in [1.54, 1.807) is 12.3 Å². The molecular weight excluding hydrogens is 226 g/mol. The highest BCUT2D eigenvalue weighted by molar-refractivity contribution is 5.28. The van der Waals surface area contributed by atoms with Gasteiger partial charge in [-0.15, -0.1) is 0 Å². The number of aromatic nitrogens is 2. The fourth-order valence-electron chi connectivity index (χ4n) is 2.22. The van der Waals surface area contributed by atoms with Crippen molar-refractivity contribution in [2.75, 3.05) is 11.9 Å². The van der Waals surface area contributed by atoms with E-state index < -0.39 is 0 Å². The zero-order valence-corrected chi connectivity index (χ0v) is 11.6. The average Bonchev–Trinajstić information content (AvgIpc) is 3.07. The van der Waals surface area contributed by atoms with Crippen molar-refractivity contribution in [3.05, 3.63) is 12.3 Å². The third-order valence-electron chi connectivity index (χ3n) is 3.35. The lowest BCUT2D eigenvalue weighted by Crippen LogP contribution is -2.17. The quantitative estimate of drug-likeness (QED) is 0.805. The van der Waals surface area contributed by atoms with Crippen LogP contribution in [0.3, 0.4) is 0 Å². The highest BCUT2D eigenvalue weighted by atomic mass is 16.5. The van der Waals surface area contributed by atoms with Gasteiger partial charge in [-0.25, -0.2) is 4.98 Å². The van der Waals surface area contributed by atoms with Crippen molar-refractivity contribution in [3.63, 3.8) is 0 Å². The first-order chi connectivity index (χ1) is 8.63. The second-order valence-electron chi connectivity index (χ2n) is 5.49. The van der Waals surface area contributed by atoms with Gasteiger partial charge < -0.3 is 10.1 Å². The van der Waals surface area contributed by atoms with Crippen molar-refractivity contribution in [1.29, 1.82) is 0 Å². The fraction of sp³-hybridized carbons (Fsp3) is 0.714. The molecule has 1 aromatic heterocycles. The van der Waals surface area contributed by atoms with E-state index in [9.17, 15) is 0 Å². The Morgan fingerprint density at radius 3 is 2.83 bits per heavy atom. The van der Waals surface area contributed by atoms with Gasteiger partial charge in [0.05, 0.1) is 6.10 Å². The molecule has 1 aliphatic carbocycles. The Bertz CT molecular complexity index is 388. The third kappa shape index (κ3) is 3.59. The molecule has 1 fully saturated rings. The number of hydrogen-bond acceptors (Lipinski definition) is 4. The molecule has 18 heavy (non-hydrogen) atoms. The molecule has 0 unspecified atom stereocenters. The Kier molecular flexibility index (Phi) is 4.04. The summed E-state index contributed by atoms with van der Waals surface area (Å²) in [5, 5.41) is 3.34. The lowest BCUT2D eigenvalue weighted by Gasteiger charge is -2.15. The minimum atomic E-state index is 0.141. The molecule has 0 atom stereocenters. The van der Waals surface area contributed by atoms with Gasteiger partial charge >= 0.3 is 0 Å². The zero-order valence-electron chi connectivity index (χ0n) is 11.6. The summed E-state index contributed by atoms with van der Waals surface area (Å²) in [5.41, 5.74) is 0.507. The van der Waals surface area contributed by atoms with E-state index in [4.69, 9.17) is 4.74 Å². The maximum atomic E-state index is 5.56. The summed E-state index contributed by atoms with van der Waals surface area (Å²) in [7, 11) is 0. The minimum absolute atomic E-state index is 0.141. The molecule has 1 aromatic rings. The SMILES string of the molecule is CCCC1(CNc2nccc(OC(C)C)n2)CC1. The van der Waals surface area contributed by atoms with Crippen LogP contribution in [0.15, 0.2) is 12.3 Å². The smallest absolute Gasteiger partial charge is 0.225 e. The number of hydrogen-bond donors (Lipinski definition) is 1. The Balaban J connectivity index is 1.89. The van der Waals surface area contributed by atoms with Gasteiger partial charge in [-0.2, -0.15) is 4.98 Å². The maximum absolute atomic E-state index is 5.56. The van der Waals surface area contributed by atoms with E-state index >= 15 is 0 Å². The van der Waals surface area contributed by atoms with Gasteiger partial charge in [-0.1, -0.05) is 13.3 Å². The highest BCUT2D eigenvalue weighted by Gasteiger charge is 2.41. The molecule has 1 aliphatic rings. The molecule has 1 saturated carbocycles. The molecule has 1 N–H and O–H groups in total. The van der Waals surface area contributed by atoms with Gasteiger partial charge in [0.25, 0.3) is 0 Å². The summed E-state index contributed by atoms with van der Waals surface area (Å²) >= 11 is 0. The normalized spacial score (nSPS) is 16.7. The van der Waals surface area contributed by atoms with Crippen LogP contribution in [-0.4, -0.2) is 22.6 Å². The summed E-state index contributed by atoms with van der Waals surface area (Å²) in [5.74, 6) is 1.32. The summed E-state index contributed by atoms with van der Waals surface area (Å²) in [6.07, 6.45) is 7.09. The van der Waals surface area contributed by atoms with Crippen molar-refractivity contribution >= 4 is 5.95 Å². The molecule has 2 rings (SSSR count). The van der Waals surface area contributed by atoms with Crippen molar-refractivity contribution in [1.82, 2.24) is 9.97 Å². The second kappa shape index (κ2) is 5.55. The van der Waals surface area contributed by atoms with Crippen LogP contribution in [0.2, 0.25) is 0 Å². The van der Waals surface area contributed by atoms with E-state index in [0.29, 0.717) is 17.2 Å². The average molecular weight is 249 g/mol. The van der Waals surface area contributed by atoms with Gasteiger partial charge in [0.2, 0.25) is 11.8 Å². The van der Waals surface area contributed by atoms with Gasteiger partial charge in [-0.3, -0.25) is 0 Å². The Labute approximate surface area is 109 Å². The van der Waals surface area contributed by atoms with Crippen LogP contribution in [-0.2, 0) is 0 Å². The number of ether oxygens (including phenoxy) is 1. The van der Waals surface area contributed by atoms with E-state index in [2.05, 4.69) is 22.2 Å². The van der Waals surface area contributed by atoms with Crippen LogP contribution in [0.5, 0.6) is 5.88 Å². The fourth-order valence-corrected chi connectivity index (χ4v) is 2.22. The summed E-state index contributed by atoms with van der Waals surface area (Å²) < 4.78 is 5.56. The van der Waals surface area contributed by atoms with Gasteiger partial charge in [0, 0.05) is 18.8 Å². The topological polar surface area (TPSA) is 47.0 Å². The maximum Gasteiger partial charge on any atom is 0.225 e. The van der Waals surface area contributed by atoms with Crippen molar-refractivity contribution in [2.24, 2.45) is 5.41 Å². The second-order valence-corrected chi connectivity index (χ2v) is 5.49. The van der Waals surface area contributed by atoms with Crippen LogP contribution in [0.1, 0.15) is 46.5 Å². The summed E-state index contributed by atoms with van der Waals surface area (Å²) in [6, 6.07) is 1.80. The van der Waals surface area contributed by atoms with Crippen LogP contribution in [0.25, 0.3) is 0 Å². The van der Waals surface area contributed by atoms with Crippen LogP contribution in [0, 0.1) is 5.41 Å². The molecule has 0 spiro atoms. The molecule has 0 amide bonds. The molecule has 0 saturated heterocycles. The lowest BCUT2D eigenvalue weighted by molar-refractivity contribution is 0.232. The Morgan fingerprint density at radius 1 is 1.44 bits per heavy atom. The first-order valence-electron chi connectivity index (χ1n) is 6.87. The van der Waals surface area contributed by atoms with Crippen LogP contribution in [0.4, 0.5) is 5.95 Å².